The molecule has 2 heterocycles. The van der Waals surface area contributed by atoms with Crippen molar-refractivity contribution in [2.45, 2.75) is 25.6 Å². The van der Waals surface area contributed by atoms with Gasteiger partial charge in [-0.3, -0.25) is 0 Å². The lowest BCUT2D eigenvalue weighted by Gasteiger charge is -2.22. The van der Waals surface area contributed by atoms with E-state index in [1.807, 2.05) is 0 Å². The van der Waals surface area contributed by atoms with E-state index in [9.17, 15) is 14.3 Å². The number of likely N-dealkylation sites (tertiary alicyclic amines) is 1. The van der Waals surface area contributed by atoms with Gasteiger partial charge >= 0.3 is 6.09 Å². The molecule has 4 rings (SSSR count). The molecule has 6 nitrogen and oxygen atoms in total. The molecule has 2 aliphatic rings. The summed E-state index contributed by atoms with van der Waals surface area (Å²) in [4.78, 5) is 16.6. The molecular formula is C20H20F2N2O4. The van der Waals surface area contributed by atoms with Gasteiger partial charge in [-0.15, -0.1) is 0 Å². The van der Waals surface area contributed by atoms with Crippen molar-refractivity contribution in [3.8, 4) is 17.1 Å². The number of carbonyl (C=O) groups is 1. The van der Waals surface area contributed by atoms with Crippen LogP contribution in [-0.4, -0.2) is 45.4 Å². The summed E-state index contributed by atoms with van der Waals surface area (Å²) < 4.78 is 34.2. The Kier molecular flexibility index (Phi) is 4.26. The summed E-state index contributed by atoms with van der Waals surface area (Å²) in [5.41, 5.74) is -1.12. The third-order valence-electron chi connectivity index (χ3n) is 5.35. The predicted octanol–water partition coefficient (Wildman–Crippen LogP) is 3.24. The van der Waals surface area contributed by atoms with Gasteiger partial charge in [-0.1, -0.05) is 0 Å². The fourth-order valence-corrected chi connectivity index (χ4v) is 3.75. The fraction of sp³-hybridized carbons (Fsp3) is 0.400. The van der Waals surface area contributed by atoms with Crippen LogP contribution in [0.1, 0.15) is 19.4 Å². The lowest BCUT2D eigenvalue weighted by Crippen LogP contribution is -2.31. The molecule has 3 atom stereocenters. The van der Waals surface area contributed by atoms with Gasteiger partial charge in [-0.2, -0.15) is 0 Å². The van der Waals surface area contributed by atoms with Gasteiger partial charge in [0.2, 0.25) is 5.88 Å². The predicted molar refractivity (Wildman–Crippen MR) is 95.8 cm³/mol. The van der Waals surface area contributed by atoms with Gasteiger partial charge in [-0.05, 0) is 38.1 Å². The number of aromatic nitrogens is 1. The number of nitrogens with zero attached hydrogens (tertiary/aromatic N) is 2. The van der Waals surface area contributed by atoms with Crippen LogP contribution in [0.15, 0.2) is 30.3 Å². The molecule has 2 N–H and O–H groups in total. The van der Waals surface area contributed by atoms with Crippen LogP contribution in [0.4, 0.5) is 13.6 Å². The first-order chi connectivity index (χ1) is 13.1. The molecule has 1 unspecified atom stereocenters. The Morgan fingerprint density at radius 3 is 2.36 bits per heavy atom. The van der Waals surface area contributed by atoms with Crippen molar-refractivity contribution < 1.29 is 28.5 Å². The zero-order chi connectivity index (χ0) is 20.2. The highest BCUT2D eigenvalue weighted by molar-refractivity contribution is 5.66. The van der Waals surface area contributed by atoms with E-state index in [0.717, 1.165) is 0 Å². The van der Waals surface area contributed by atoms with Crippen LogP contribution in [0.2, 0.25) is 0 Å². The van der Waals surface area contributed by atoms with Crippen LogP contribution in [0.3, 0.4) is 0 Å². The molecule has 28 heavy (non-hydrogen) atoms. The van der Waals surface area contributed by atoms with Crippen LogP contribution in [0, 0.1) is 23.5 Å². The van der Waals surface area contributed by atoms with E-state index < -0.39 is 23.3 Å². The Hall–Kier alpha value is -2.74. The minimum atomic E-state index is -1.47. The summed E-state index contributed by atoms with van der Waals surface area (Å²) in [5, 5.41) is 19.4. The SMILES string of the molecule is CC(C)(O)c1cc(OC2[C@H]3CN(C(=O)O)C[C@@H]23)nc(-c2ccc(F)cc2)c1F. The van der Waals surface area contributed by atoms with Crippen molar-refractivity contribution in [2.75, 3.05) is 13.1 Å². The lowest BCUT2D eigenvalue weighted by atomic mass is 9.96. The maximum absolute atomic E-state index is 15.0. The van der Waals surface area contributed by atoms with Crippen LogP contribution in [0.5, 0.6) is 5.88 Å². The summed E-state index contributed by atoms with van der Waals surface area (Å²) in [6.07, 6.45) is -1.14. The molecular weight excluding hydrogens is 370 g/mol. The number of halogens is 2. The molecule has 0 spiro atoms. The Morgan fingerprint density at radius 1 is 1.21 bits per heavy atom. The van der Waals surface area contributed by atoms with Crippen molar-refractivity contribution in [3.63, 3.8) is 0 Å². The van der Waals surface area contributed by atoms with Gasteiger partial charge in [0, 0.05) is 42.1 Å². The first kappa shape index (κ1) is 18.6. The second kappa shape index (κ2) is 6.41. The van der Waals surface area contributed by atoms with Crippen molar-refractivity contribution >= 4 is 6.09 Å². The maximum atomic E-state index is 15.0. The molecule has 1 saturated carbocycles. The average molecular weight is 390 g/mol. The smallest absolute Gasteiger partial charge is 0.407 e. The number of rotatable bonds is 4. The number of pyridine rings is 1. The number of benzene rings is 1. The normalized spacial score (nSPS) is 23.5. The fourth-order valence-electron chi connectivity index (χ4n) is 3.75. The molecule has 1 saturated heterocycles. The highest BCUT2D eigenvalue weighted by atomic mass is 19.1. The van der Waals surface area contributed by atoms with E-state index in [1.54, 1.807) is 0 Å². The molecule has 0 radical (unpaired) electrons. The van der Waals surface area contributed by atoms with Gasteiger partial charge in [-0.25, -0.2) is 18.6 Å². The number of hydrogen-bond acceptors (Lipinski definition) is 4. The highest BCUT2D eigenvalue weighted by Crippen LogP contribution is 2.48. The van der Waals surface area contributed by atoms with Crippen molar-refractivity contribution in [2.24, 2.45) is 11.8 Å². The minimum Gasteiger partial charge on any atom is -0.474 e. The third-order valence-corrected chi connectivity index (χ3v) is 5.35. The average Bonchev–Trinajstić information content (AvgIpc) is 3.05. The molecule has 2 aromatic rings. The Morgan fingerprint density at radius 2 is 1.82 bits per heavy atom. The second-order valence-electron chi connectivity index (χ2n) is 7.83. The number of piperidine rings is 1. The molecule has 0 bridgehead atoms. The van der Waals surface area contributed by atoms with E-state index in [1.165, 1.54) is 49.1 Å². The van der Waals surface area contributed by atoms with Gasteiger partial charge in [0.25, 0.3) is 0 Å². The molecule has 148 valence electrons. The second-order valence-corrected chi connectivity index (χ2v) is 7.83. The van der Waals surface area contributed by atoms with Crippen molar-refractivity contribution in [3.05, 3.63) is 47.5 Å². The standard InChI is InChI=1S/C20H20F2N2O4/c1-20(2,27)14-7-15(28-18-12-8-24(19(25)26)9-13(12)18)23-17(16(14)22)10-3-5-11(21)6-4-10/h3-7,12-13,18,27H,8-9H2,1-2H3,(H,25,26)/t12-,13+,18?. The molecule has 1 aliphatic heterocycles. The number of ether oxygens (including phenoxy) is 1. The molecule has 1 aromatic heterocycles. The third kappa shape index (κ3) is 3.28. The van der Waals surface area contributed by atoms with E-state index >= 15 is 4.39 Å². The lowest BCUT2D eigenvalue weighted by molar-refractivity contribution is 0.0737. The first-order valence-electron chi connectivity index (χ1n) is 8.99. The zero-order valence-electron chi connectivity index (χ0n) is 15.4. The Bertz CT molecular complexity index is 915. The van der Waals surface area contributed by atoms with Gasteiger partial charge < -0.3 is 19.8 Å². The molecule has 1 aliphatic carbocycles. The van der Waals surface area contributed by atoms with Gasteiger partial charge in [0.15, 0.2) is 5.82 Å². The molecule has 1 aromatic carbocycles. The summed E-state index contributed by atoms with van der Waals surface area (Å²) >= 11 is 0. The summed E-state index contributed by atoms with van der Waals surface area (Å²) in [7, 11) is 0. The Labute approximate surface area is 160 Å². The van der Waals surface area contributed by atoms with Gasteiger partial charge in [0.05, 0.1) is 5.60 Å². The van der Waals surface area contributed by atoms with E-state index in [0.29, 0.717) is 18.7 Å². The number of amides is 1. The quantitative estimate of drug-likeness (QED) is 0.838. The highest BCUT2D eigenvalue weighted by Gasteiger charge is 2.59. The Balaban J connectivity index is 1.64. The van der Waals surface area contributed by atoms with E-state index in [4.69, 9.17) is 9.84 Å². The number of carboxylic acid groups (broad SMARTS) is 1. The van der Waals surface area contributed by atoms with Crippen LogP contribution in [-0.2, 0) is 5.60 Å². The largest absolute Gasteiger partial charge is 0.474 e. The molecule has 8 heteroatoms. The number of fused-ring (bicyclic) bond motifs is 1. The maximum Gasteiger partial charge on any atom is 0.407 e. The number of aliphatic hydroxyl groups is 1. The van der Waals surface area contributed by atoms with E-state index in [-0.39, 0.29) is 35.1 Å². The van der Waals surface area contributed by atoms with Crippen molar-refractivity contribution in [1.82, 2.24) is 9.88 Å². The van der Waals surface area contributed by atoms with E-state index in [2.05, 4.69) is 4.98 Å². The topological polar surface area (TPSA) is 82.9 Å². The van der Waals surface area contributed by atoms with Crippen LogP contribution in [0.25, 0.3) is 11.3 Å². The monoisotopic (exact) mass is 390 g/mol. The first-order valence-corrected chi connectivity index (χ1v) is 8.99. The minimum absolute atomic E-state index is 0.0230. The van der Waals surface area contributed by atoms with Crippen LogP contribution < -0.4 is 4.74 Å². The zero-order valence-corrected chi connectivity index (χ0v) is 15.4. The summed E-state index contributed by atoms with van der Waals surface area (Å²) in [6.45, 7) is 3.71. The summed E-state index contributed by atoms with van der Waals surface area (Å²) in [5.74, 6) is -0.822. The van der Waals surface area contributed by atoms with Gasteiger partial charge in [0.1, 0.15) is 17.6 Å². The number of hydrogen-bond donors (Lipinski definition) is 2. The molecule has 2 fully saturated rings. The van der Waals surface area contributed by atoms with Crippen LogP contribution >= 0.6 is 0 Å². The molecule has 1 amide bonds. The summed E-state index contributed by atoms with van der Waals surface area (Å²) in [6, 6.07) is 6.61. The van der Waals surface area contributed by atoms with Crippen molar-refractivity contribution in [1.29, 1.82) is 0 Å².